The maximum absolute atomic E-state index is 13.2. The minimum absolute atomic E-state index is 0.0740. The van der Waals surface area contributed by atoms with E-state index < -0.39 is 22.7 Å². The zero-order valence-corrected chi connectivity index (χ0v) is 21.8. The molecule has 3 aromatic rings. The van der Waals surface area contributed by atoms with Crippen LogP contribution in [-0.2, 0) is 16.0 Å². The Morgan fingerprint density at radius 1 is 1.08 bits per heavy atom. The van der Waals surface area contributed by atoms with Gasteiger partial charge in [-0.1, -0.05) is 42.1 Å². The summed E-state index contributed by atoms with van der Waals surface area (Å²) >= 11 is 5.91. The Hall–Kier alpha value is -3.96. The summed E-state index contributed by atoms with van der Waals surface area (Å²) in [6.07, 6.45) is 0.478. The van der Waals surface area contributed by atoms with E-state index in [0.29, 0.717) is 24.3 Å². The van der Waals surface area contributed by atoms with E-state index >= 15 is 0 Å². The number of alkyl halides is 3. The van der Waals surface area contributed by atoms with Crippen molar-refractivity contribution in [3.8, 4) is 5.75 Å². The van der Waals surface area contributed by atoms with Gasteiger partial charge in [0.25, 0.3) is 0 Å². The summed E-state index contributed by atoms with van der Waals surface area (Å²) < 4.78 is 30.2. The van der Waals surface area contributed by atoms with Crippen LogP contribution in [0, 0.1) is 0 Å². The first-order chi connectivity index (χ1) is 18.6. The molecule has 2 amide bonds. The number of benzene rings is 3. The van der Waals surface area contributed by atoms with Gasteiger partial charge in [0.05, 0.1) is 11.3 Å². The van der Waals surface area contributed by atoms with Gasteiger partial charge in [-0.3, -0.25) is 14.5 Å². The van der Waals surface area contributed by atoms with E-state index in [1.807, 2.05) is 30.3 Å². The van der Waals surface area contributed by atoms with Crippen LogP contribution < -0.4 is 10.1 Å². The Bertz CT molecular complexity index is 1370. The van der Waals surface area contributed by atoms with Crippen LogP contribution in [0.1, 0.15) is 22.3 Å². The monoisotopic (exact) mass is 573 g/mol. The highest BCUT2D eigenvalue weighted by Crippen LogP contribution is 2.32. The van der Waals surface area contributed by atoms with Gasteiger partial charge in [-0.2, -0.15) is 0 Å². The number of nitrogens with zero attached hydrogens (tertiary/aromatic N) is 2. The number of amides is 2. The molecular formula is C27H22ClF2N3O5S. The quantitative estimate of drug-likeness (QED) is 0.315. The Balaban J connectivity index is 1.54. The van der Waals surface area contributed by atoms with Crippen LogP contribution in [0.25, 0.3) is 0 Å². The molecule has 1 aliphatic rings. The minimum atomic E-state index is -3.86. The highest BCUT2D eigenvalue weighted by atomic mass is 35.5. The normalized spacial score (nSPS) is 16.7. The number of thioether (sulfide) groups is 1. The van der Waals surface area contributed by atoms with Crippen molar-refractivity contribution in [3.05, 3.63) is 90.0 Å². The average molecular weight is 574 g/mol. The van der Waals surface area contributed by atoms with Crippen molar-refractivity contribution < 1.29 is 33.0 Å². The number of rotatable bonds is 9. The maximum atomic E-state index is 13.2. The fourth-order valence-electron chi connectivity index (χ4n) is 3.70. The molecule has 8 nitrogen and oxygen atoms in total. The average Bonchev–Trinajstić information content (AvgIpc) is 2.89. The van der Waals surface area contributed by atoms with E-state index in [-0.39, 0.29) is 28.8 Å². The third-order valence-corrected chi connectivity index (χ3v) is 6.86. The number of anilines is 1. The van der Waals surface area contributed by atoms with Gasteiger partial charge < -0.3 is 15.2 Å². The molecule has 1 fully saturated rings. The number of carbonyl (C=O) groups is 3. The van der Waals surface area contributed by atoms with Crippen molar-refractivity contribution in [1.82, 2.24) is 4.90 Å². The number of nitrogens with one attached hydrogen (secondary N) is 1. The summed E-state index contributed by atoms with van der Waals surface area (Å²) in [4.78, 5) is 43.3. The smallest absolute Gasteiger partial charge is 0.478 e. The number of aromatic carboxylic acids is 1. The first-order valence-corrected chi connectivity index (χ1v) is 12.9. The molecule has 0 aliphatic carbocycles. The fourth-order valence-corrected chi connectivity index (χ4v) is 4.91. The number of carbonyl (C=O) groups excluding carboxylic acids is 2. The number of halogens is 3. The second-order valence-electron chi connectivity index (χ2n) is 8.40. The first kappa shape index (κ1) is 28.1. The molecule has 0 unspecified atom stereocenters. The lowest BCUT2D eigenvalue weighted by atomic mass is 10.1. The number of carboxylic acids is 1. The number of hydrogen-bond acceptors (Lipinski definition) is 6. The molecule has 3 aromatic carbocycles. The summed E-state index contributed by atoms with van der Waals surface area (Å²) in [6.45, 7) is 0.319. The summed E-state index contributed by atoms with van der Waals surface area (Å²) in [5, 5.41) is 11.2. The number of aliphatic imine (C=N–C) groups is 1. The molecule has 1 heterocycles. The van der Waals surface area contributed by atoms with Crippen LogP contribution in [0.2, 0.25) is 0 Å². The van der Waals surface area contributed by atoms with Crippen LogP contribution in [0.4, 0.5) is 20.2 Å². The summed E-state index contributed by atoms with van der Waals surface area (Å²) in [5.41, 5.74) is -2.03. The minimum Gasteiger partial charge on any atom is -0.478 e. The van der Waals surface area contributed by atoms with Crippen molar-refractivity contribution in [2.75, 3.05) is 11.9 Å². The van der Waals surface area contributed by atoms with Gasteiger partial charge in [-0.25, -0.2) is 9.79 Å². The third kappa shape index (κ3) is 8.01. The van der Waals surface area contributed by atoms with Gasteiger partial charge in [-0.05, 0) is 60.5 Å². The van der Waals surface area contributed by atoms with Gasteiger partial charge in [-0.15, -0.1) is 8.78 Å². The lowest BCUT2D eigenvalue weighted by Crippen LogP contribution is -2.46. The standard InChI is InChI=1S/C27H22ClF2N3O5S/c28-27(29,30)38-21-12-10-20(11-13-21)32-26-33(15-14-17-4-2-1-3-5-17)23(34)16-22(39-26)24(35)31-19-8-6-18(7-9-19)25(36)37/h1-13,22H,14-16H2,(H,31,35)(H,36,37)/t22-/m0/s1. The van der Waals surface area contributed by atoms with Crippen molar-refractivity contribution in [2.24, 2.45) is 4.99 Å². The van der Waals surface area contributed by atoms with E-state index in [2.05, 4.69) is 15.0 Å². The molecule has 4 rings (SSSR count). The predicted octanol–water partition coefficient (Wildman–Crippen LogP) is 5.76. The lowest BCUT2D eigenvalue weighted by molar-refractivity contribution is -0.129. The molecule has 12 heteroatoms. The van der Waals surface area contributed by atoms with Gasteiger partial charge in [0, 0.05) is 30.3 Å². The van der Waals surface area contributed by atoms with Gasteiger partial charge in [0.15, 0.2) is 5.17 Å². The number of carboxylic acid groups (broad SMARTS) is 1. The second kappa shape index (κ2) is 12.3. The Kier molecular flexibility index (Phi) is 8.82. The fraction of sp³-hybridized carbons (Fsp3) is 0.185. The third-order valence-electron chi connectivity index (χ3n) is 5.59. The van der Waals surface area contributed by atoms with E-state index in [0.717, 1.165) is 17.3 Å². The molecule has 0 saturated carbocycles. The second-order valence-corrected chi connectivity index (χ2v) is 10.0. The molecule has 39 heavy (non-hydrogen) atoms. The largest absolute Gasteiger partial charge is 0.487 e. The Morgan fingerprint density at radius 3 is 2.36 bits per heavy atom. The summed E-state index contributed by atoms with van der Waals surface area (Å²) in [5.74, 6) is -2.00. The Morgan fingerprint density at radius 2 is 1.74 bits per heavy atom. The van der Waals surface area contributed by atoms with Gasteiger partial charge in [0.2, 0.25) is 11.8 Å². The van der Waals surface area contributed by atoms with Crippen LogP contribution in [0.15, 0.2) is 83.9 Å². The molecule has 1 saturated heterocycles. The van der Waals surface area contributed by atoms with Crippen molar-refractivity contribution in [1.29, 1.82) is 0 Å². The highest BCUT2D eigenvalue weighted by Gasteiger charge is 2.36. The van der Waals surface area contributed by atoms with Crippen molar-refractivity contribution in [3.63, 3.8) is 0 Å². The summed E-state index contributed by atoms with van der Waals surface area (Å²) in [7, 11) is 0. The SMILES string of the molecule is O=C(O)c1ccc(NC(=O)[C@@H]2CC(=O)N(CCc3ccccc3)C(=Nc3ccc(OC(F)(F)Cl)cc3)S2)cc1. The van der Waals surface area contributed by atoms with Crippen LogP contribution >= 0.6 is 23.4 Å². The number of amidine groups is 1. The van der Waals surface area contributed by atoms with E-state index in [4.69, 9.17) is 16.7 Å². The van der Waals surface area contributed by atoms with Crippen LogP contribution in [0.3, 0.4) is 0 Å². The molecule has 0 aromatic heterocycles. The van der Waals surface area contributed by atoms with E-state index in [1.165, 1.54) is 53.4 Å². The van der Waals surface area contributed by atoms with Crippen LogP contribution in [0.5, 0.6) is 5.75 Å². The molecule has 1 atom stereocenters. The molecule has 0 bridgehead atoms. The molecular weight excluding hydrogens is 552 g/mol. The Labute approximate surface area is 231 Å². The molecule has 2 N–H and O–H groups in total. The molecule has 0 spiro atoms. The van der Waals surface area contributed by atoms with Gasteiger partial charge >= 0.3 is 11.5 Å². The number of ether oxygens (including phenoxy) is 1. The lowest BCUT2D eigenvalue weighted by Gasteiger charge is -2.32. The highest BCUT2D eigenvalue weighted by molar-refractivity contribution is 8.15. The topological polar surface area (TPSA) is 108 Å². The summed E-state index contributed by atoms with van der Waals surface area (Å²) in [6, 6.07) is 20.6. The maximum Gasteiger partial charge on any atom is 0.487 e. The number of hydrogen-bond donors (Lipinski definition) is 2. The van der Waals surface area contributed by atoms with E-state index in [1.54, 1.807) is 0 Å². The first-order valence-electron chi connectivity index (χ1n) is 11.7. The van der Waals surface area contributed by atoms with Crippen LogP contribution in [-0.4, -0.2) is 50.3 Å². The molecule has 0 radical (unpaired) electrons. The zero-order valence-electron chi connectivity index (χ0n) is 20.2. The zero-order chi connectivity index (χ0) is 28.0. The van der Waals surface area contributed by atoms with Gasteiger partial charge in [0.1, 0.15) is 11.0 Å². The van der Waals surface area contributed by atoms with Crippen molar-refractivity contribution in [2.45, 2.75) is 23.7 Å². The van der Waals surface area contributed by atoms with E-state index in [9.17, 15) is 23.2 Å². The molecule has 202 valence electrons. The van der Waals surface area contributed by atoms with Crippen molar-refractivity contribution >= 4 is 57.7 Å². The predicted molar refractivity (Wildman–Crippen MR) is 145 cm³/mol. The molecule has 1 aliphatic heterocycles.